The molecular formula is C18H26N4O2S. The highest BCUT2D eigenvalue weighted by Crippen LogP contribution is 2.22. The van der Waals surface area contributed by atoms with Crippen LogP contribution in [0.25, 0.3) is 10.2 Å². The molecule has 1 saturated heterocycles. The van der Waals surface area contributed by atoms with E-state index in [1.54, 1.807) is 18.4 Å². The summed E-state index contributed by atoms with van der Waals surface area (Å²) in [6, 6.07) is 8.28. The highest BCUT2D eigenvalue weighted by atomic mass is 32.1. The zero-order valence-corrected chi connectivity index (χ0v) is 15.6. The molecule has 2 aromatic rings. The molecule has 1 aliphatic rings. The van der Waals surface area contributed by atoms with Crippen molar-refractivity contribution in [2.75, 3.05) is 53.0 Å². The highest BCUT2D eigenvalue weighted by molar-refractivity contribution is 7.18. The van der Waals surface area contributed by atoms with Gasteiger partial charge in [0.1, 0.15) is 5.01 Å². The molecule has 3 rings (SSSR count). The third kappa shape index (κ3) is 5.47. The average Bonchev–Trinajstić information content (AvgIpc) is 3.03. The van der Waals surface area contributed by atoms with Gasteiger partial charge in [-0.05, 0) is 18.6 Å². The first-order valence-corrected chi connectivity index (χ1v) is 9.61. The summed E-state index contributed by atoms with van der Waals surface area (Å²) in [6.07, 6.45) is 0.859. The lowest BCUT2D eigenvalue weighted by atomic mass is 10.3. The number of ether oxygens (including phenoxy) is 1. The summed E-state index contributed by atoms with van der Waals surface area (Å²) in [6.45, 7) is 6.57. The van der Waals surface area contributed by atoms with Crippen LogP contribution in [0.15, 0.2) is 24.3 Å². The van der Waals surface area contributed by atoms with Crippen molar-refractivity contribution in [3.8, 4) is 0 Å². The third-order valence-corrected chi connectivity index (χ3v) is 5.40. The molecule has 136 valence electrons. The summed E-state index contributed by atoms with van der Waals surface area (Å²) < 4.78 is 6.23. The van der Waals surface area contributed by atoms with E-state index in [-0.39, 0.29) is 5.91 Å². The topological polar surface area (TPSA) is 57.7 Å². The lowest BCUT2D eigenvalue weighted by molar-refractivity contribution is -0.122. The van der Waals surface area contributed by atoms with Gasteiger partial charge in [0.2, 0.25) is 5.91 Å². The molecule has 1 aromatic carbocycles. The van der Waals surface area contributed by atoms with E-state index in [2.05, 4.69) is 33.3 Å². The van der Waals surface area contributed by atoms with Crippen LogP contribution in [0, 0.1) is 0 Å². The van der Waals surface area contributed by atoms with Crippen molar-refractivity contribution < 1.29 is 9.53 Å². The second-order valence-electron chi connectivity index (χ2n) is 6.32. The molecule has 0 bridgehead atoms. The van der Waals surface area contributed by atoms with Crippen molar-refractivity contribution in [1.29, 1.82) is 0 Å². The highest BCUT2D eigenvalue weighted by Gasteiger charge is 2.19. The first-order chi connectivity index (χ1) is 12.2. The van der Waals surface area contributed by atoms with Crippen molar-refractivity contribution in [3.05, 3.63) is 29.3 Å². The minimum atomic E-state index is 0.107. The molecule has 0 aliphatic carbocycles. The van der Waals surface area contributed by atoms with Gasteiger partial charge in [-0.1, -0.05) is 12.1 Å². The standard InChI is InChI=1S/C18H26N4O2S/c1-24-12-4-7-19-17(23)13-21-8-10-22(11-9-21)14-18-20-15-5-2-3-6-16(15)25-18/h2-3,5-6H,4,7-14H2,1H3,(H,19,23). The lowest BCUT2D eigenvalue weighted by Gasteiger charge is -2.33. The van der Waals surface area contributed by atoms with Crippen LogP contribution in [0.3, 0.4) is 0 Å². The van der Waals surface area contributed by atoms with Crippen molar-refractivity contribution in [1.82, 2.24) is 20.1 Å². The van der Waals surface area contributed by atoms with Crippen molar-refractivity contribution >= 4 is 27.5 Å². The third-order valence-electron chi connectivity index (χ3n) is 4.38. The number of carbonyl (C=O) groups is 1. The number of piperazine rings is 1. The Morgan fingerprint density at radius 1 is 1.24 bits per heavy atom. The number of hydrogen-bond donors (Lipinski definition) is 1. The molecule has 0 spiro atoms. The van der Waals surface area contributed by atoms with Crippen LogP contribution in [-0.4, -0.2) is 73.7 Å². The van der Waals surface area contributed by atoms with Crippen molar-refractivity contribution in [2.45, 2.75) is 13.0 Å². The molecule has 1 aromatic heterocycles. The maximum absolute atomic E-state index is 11.9. The molecule has 0 atom stereocenters. The molecule has 25 heavy (non-hydrogen) atoms. The number of methoxy groups -OCH3 is 1. The summed E-state index contributed by atoms with van der Waals surface area (Å²) in [5, 5.41) is 4.12. The fourth-order valence-electron chi connectivity index (χ4n) is 2.99. The van der Waals surface area contributed by atoms with Crippen LogP contribution >= 0.6 is 11.3 Å². The quantitative estimate of drug-likeness (QED) is 0.723. The van der Waals surface area contributed by atoms with E-state index in [1.165, 1.54) is 9.71 Å². The molecule has 1 fully saturated rings. The van der Waals surface area contributed by atoms with E-state index in [9.17, 15) is 4.79 Å². The number of benzene rings is 1. The van der Waals surface area contributed by atoms with Crippen LogP contribution in [0.4, 0.5) is 0 Å². The van der Waals surface area contributed by atoms with E-state index in [4.69, 9.17) is 9.72 Å². The lowest BCUT2D eigenvalue weighted by Crippen LogP contribution is -2.49. The molecule has 1 amide bonds. The Morgan fingerprint density at radius 2 is 2.00 bits per heavy atom. The number of nitrogens with one attached hydrogen (secondary N) is 1. The van der Waals surface area contributed by atoms with E-state index >= 15 is 0 Å². The largest absolute Gasteiger partial charge is 0.385 e. The van der Waals surface area contributed by atoms with Gasteiger partial charge in [0.15, 0.2) is 0 Å². The second-order valence-corrected chi connectivity index (χ2v) is 7.44. The maximum Gasteiger partial charge on any atom is 0.234 e. The number of para-hydroxylation sites is 1. The fourth-order valence-corrected chi connectivity index (χ4v) is 4.00. The zero-order chi connectivity index (χ0) is 17.5. The van der Waals surface area contributed by atoms with Crippen LogP contribution in [0.2, 0.25) is 0 Å². The minimum Gasteiger partial charge on any atom is -0.385 e. The van der Waals surface area contributed by atoms with Crippen molar-refractivity contribution in [2.24, 2.45) is 0 Å². The summed E-state index contributed by atoms with van der Waals surface area (Å²) >= 11 is 1.77. The Labute approximate surface area is 152 Å². The number of nitrogens with zero attached hydrogens (tertiary/aromatic N) is 3. The SMILES string of the molecule is COCCCNC(=O)CN1CCN(Cc2nc3ccccc3s2)CC1. The first kappa shape index (κ1) is 18.3. The molecule has 1 aliphatic heterocycles. The number of rotatable bonds is 8. The van der Waals surface area contributed by atoms with Crippen LogP contribution in [0.5, 0.6) is 0 Å². The minimum absolute atomic E-state index is 0.107. The van der Waals surface area contributed by atoms with Gasteiger partial charge in [-0.3, -0.25) is 14.6 Å². The van der Waals surface area contributed by atoms with Gasteiger partial charge in [-0.25, -0.2) is 4.98 Å². The first-order valence-electron chi connectivity index (χ1n) is 8.79. The summed E-state index contributed by atoms with van der Waals surface area (Å²) in [4.78, 5) is 21.3. The van der Waals surface area contributed by atoms with Gasteiger partial charge in [-0.2, -0.15) is 0 Å². The molecule has 0 unspecified atom stereocenters. The molecule has 0 radical (unpaired) electrons. The maximum atomic E-state index is 11.9. The number of carbonyl (C=O) groups excluding carboxylic acids is 1. The predicted octanol–water partition coefficient (Wildman–Crippen LogP) is 1.57. The Hall–Kier alpha value is -1.54. The molecule has 6 nitrogen and oxygen atoms in total. The van der Waals surface area contributed by atoms with Gasteiger partial charge >= 0.3 is 0 Å². The Bertz CT molecular complexity index is 650. The van der Waals surface area contributed by atoms with Crippen LogP contribution in [0.1, 0.15) is 11.4 Å². The fraction of sp³-hybridized carbons (Fsp3) is 0.556. The molecule has 2 heterocycles. The summed E-state index contributed by atoms with van der Waals surface area (Å²) in [5.74, 6) is 0.107. The normalized spacial score (nSPS) is 16.4. The van der Waals surface area contributed by atoms with E-state index in [0.29, 0.717) is 19.7 Å². The number of fused-ring (bicyclic) bond motifs is 1. The number of thiazole rings is 1. The Morgan fingerprint density at radius 3 is 2.76 bits per heavy atom. The van der Waals surface area contributed by atoms with Crippen molar-refractivity contribution in [3.63, 3.8) is 0 Å². The Kier molecular flexibility index (Phi) is 6.75. The smallest absolute Gasteiger partial charge is 0.234 e. The summed E-state index contributed by atoms with van der Waals surface area (Å²) in [5.41, 5.74) is 1.09. The summed E-state index contributed by atoms with van der Waals surface area (Å²) in [7, 11) is 1.68. The second kappa shape index (κ2) is 9.24. The van der Waals surface area contributed by atoms with E-state index in [1.807, 2.05) is 6.07 Å². The van der Waals surface area contributed by atoms with E-state index in [0.717, 1.165) is 44.7 Å². The number of amides is 1. The zero-order valence-electron chi connectivity index (χ0n) is 14.7. The molecule has 0 saturated carbocycles. The van der Waals surface area contributed by atoms with Gasteiger partial charge in [0.25, 0.3) is 0 Å². The number of aromatic nitrogens is 1. The van der Waals surface area contributed by atoms with Crippen LogP contribution in [-0.2, 0) is 16.1 Å². The van der Waals surface area contributed by atoms with E-state index < -0.39 is 0 Å². The predicted molar refractivity (Wildman–Crippen MR) is 101 cm³/mol. The molecular weight excluding hydrogens is 336 g/mol. The van der Waals surface area contributed by atoms with Gasteiger partial charge in [0, 0.05) is 46.4 Å². The molecule has 1 N–H and O–H groups in total. The van der Waals surface area contributed by atoms with Gasteiger partial charge in [0.05, 0.1) is 23.3 Å². The van der Waals surface area contributed by atoms with Gasteiger partial charge in [-0.15, -0.1) is 11.3 Å². The average molecular weight is 362 g/mol. The van der Waals surface area contributed by atoms with Crippen LogP contribution < -0.4 is 5.32 Å². The monoisotopic (exact) mass is 362 g/mol. The molecule has 7 heteroatoms. The number of hydrogen-bond acceptors (Lipinski definition) is 6. The Balaban J connectivity index is 1.39. The van der Waals surface area contributed by atoms with Gasteiger partial charge < -0.3 is 10.1 Å².